The molecule has 0 radical (unpaired) electrons. The van der Waals surface area contributed by atoms with Crippen LogP contribution in [0.1, 0.15) is 37.0 Å². The third-order valence-corrected chi connectivity index (χ3v) is 5.70. The summed E-state index contributed by atoms with van der Waals surface area (Å²) in [5, 5.41) is 5.76. The zero-order valence-corrected chi connectivity index (χ0v) is 19.5. The van der Waals surface area contributed by atoms with Crippen LogP contribution >= 0.6 is 0 Å². The van der Waals surface area contributed by atoms with Gasteiger partial charge in [-0.2, -0.15) is 0 Å². The van der Waals surface area contributed by atoms with Crippen LogP contribution in [-0.4, -0.2) is 49.9 Å². The number of carbonyl (C=O) groups is 3. The molecule has 0 spiro atoms. The van der Waals surface area contributed by atoms with Gasteiger partial charge in [-0.1, -0.05) is 13.8 Å². The first-order chi connectivity index (χ1) is 15.8. The molecular weight excluding hydrogens is 422 g/mol. The number of ether oxygens (including phenoxy) is 2. The van der Waals surface area contributed by atoms with Crippen molar-refractivity contribution in [2.75, 3.05) is 37.9 Å². The van der Waals surface area contributed by atoms with Gasteiger partial charge in [-0.3, -0.25) is 14.4 Å². The maximum absolute atomic E-state index is 12.9. The Morgan fingerprint density at radius 2 is 1.39 bits per heavy atom. The predicted octanol–water partition coefficient (Wildman–Crippen LogP) is 3.79. The maximum Gasteiger partial charge on any atom is 0.254 e. The number of methoxy groups -OCH3 is 2. The summed E-state index contributed by atoms with van der Waals surface area (Å²) >= 11 is 0. The van der Waals surface area contributed by atoms with Crippen LogP contribution in [0.5, 0.6) is 11.5 Å². The van der Waals surface area contributed by atoms with Crippen molar-refractivity contribution in [3.8, 4) is 11.5 Å². The Balaban J connectivity index is 1.54. The molecule has 3 amide bonds. The first kappa shape index (κ1) is 24.1. The van der Waals surface area contributed by atoms with Gasteiger partial charge in [-0.15, -0.1) is 0 Å². The Hall–Kier alpha value is -3.55. The van der Waals surface area contributed by atoms with Gasteiger partial charge in [0.05, 0.1) is 14.2 Å². The Morgan fingerprint density at radius 3 is 1.88 bits per heavy atom. The lowest BCUT2D eigenvalue weighted by Gasteiger charge is -2.31. The molecule has 0 atom stereocenters. The van der Waals surface area contributed by atoms with E-state index in [-0.39, 0.29) is 29.6 Å². The lowest BCUT2D eigenvalue weighted by Crippen LogP contribution is -2.41. The van der Waals surface area contributed by atoms with Gasteiger partial charge in [0.1, 0.15) is 11.5 Å². The van der Waals surface area contributed by atoms with Crippen LogP contribution in [0.25, 0.3) is 0 Å². The molecule has 33 heavy (non-hydrogen) atoms. The van der Waals surface area contributed by atoms with Gasteiger partial charge in [0.25, 0.3) is 5.91 Å². The molecular formula is C25H31N3O5. The molecule has 2 N–H and O–H groups in total. The number of likely N-dealkylation sites (tertiary alicyclic amines) is 1. The molecule has 3 rings (SSSR count). The molecule has 0 unspecified atom stereocenters. The normalized spacial score (nSPS) is 14.0. The van der Waals surface area contributed by atoms with Crippen LogP contribution in [0, 0.1) is 11.8 Å². The third-order valence-electron chi connectivity index (χ3n) is 5.70. The number of piperidine rings is 1. The summed E-state index contributed by atoms with van der Waals surface area (Å²) in [5.74, 6) is 0.612. The van der Waals surface area contributed by atoms with Gasteiger partial charge in [0.15, 0.2) is 0 Å². The Labute approximate surface area is 194 Å². The molecule has 0 aromatic heterocycles. The summed E-state index contributed by atoms with van der Waals surface area (Å²) in [6, 6.07) is 12.2. The minimum atomic E-state index is -0.172. The maximum atomic E-state index is 12.9. The van der Waals surface area contributed by atoms with E-state index in [0.29, 0.717) is 54.4 Å². The lowest BCUT2D eigenvalue weighted by molar-refractivity contribution is -0.121. The molecule has 1 aliphatic heterocycles. The molecule has 2 aromatic carbocycles. The molecule has 8 nitrogen and oxygen atoms in total. The summed E-state index contributed by atoms with van der Waals surface area (Å²) in [6.45, 7) is 4.65. The van der Waals surface area contributed by atoms with Crippen LogP contribution in [-0.2, 0) is 9.59 Å². The van der Waals surface area contributed by atoms with Crippen LogP contribution in [0.15, 0.2) is 42.5 Å². The minimum Gasteiger partial charge on any atom is -0.497 e. The molecule has 0 saturated carbocycles. The first-order valence-electron chi connectivity index (χ1n) is 11.0. The van der Waals surface area contributed by atoms with Gasteiger partial charge < -0.3 is 25.0 Å². The fourth-order valence-electron chi connectivity index (χ4n) is 3.63. The van der Waals surface area contributed by atoms with E-state index in [1.807, 2.05) is 13.8 Å². The van der Waals surface area contributed by atoms with Crippen LogP contribution < -0.4 is 20.1 Å². The third kappa shape index (κ3) is 6.25. The largest absolute Gasteiger partial charge is 0.497 e. The quantitative estimate of drug-likeness (QED) is 0.665. The zero-order valence-electron chi connectivity index (χ0n) is 19.5. The summed E-state index contributed by atoms with van der Waals surface area (Å²) in [6.07, 6.45) is 1.17. The number of benzene rings is 2. The second kappa shape index (κ2) is 10.8. The number of amides is 3. The highest BCUT2D eigenvalue weighted by Crippen LogP contribution is 2.26. The zero-order chi connectivity index (χ0) is 24.0. The first-order valence-corrected chi connectivity index (χ1v) is 11.0. The second-order valence-corrected chi connectivity index (χ2v) is 8.38. The number of hydrogen-bond acceptors (Lipinski definition) is 5. The lowest BCUT2D eigenvalue weighted by atomic mass is 9.95. The number of hydrogen-bond donors (Lipinski definition) is 2. The van der Waals surface area contributed by atoms with Gasteiger partial charge >= 0.3 is 0 Å². The topological polar surface area (TPSA) is 97.0 Å². The molecule has 1 heterocycles. The van der Waals surface area contributed by atoms with E-state index in [0.717, 1.165) is 0 Å². The average molecular weight is 454 g/mol. The smallest absolute Gasteiger partial charge is 0.254 e. The van der Waals surface area contributed by atoms with Crippen molar-refractivity contribution in [3.63, 3.8) is 0 Å². The number of nitrogens with zero attached hydrogens (tertiary/aromatic N) is 1. The Kier molecular flexibility index (Phi) is 7.92. The Morgan fingerprint density at radius 1 is 0.879 bits per heavy atom. The predicted molar refractivity (Wildman–Crippen MR) is 127 cm³/mol. The highest BCUT2D eigenvalue weighted by atomic mass is 16.5. The SMILES string of the molecule is COc1cc(OC)cc(C(=O)N2CCC(C(=O)Nc3ccc(NC(=O)C(C)C)cc3)CC2)c1. The molecule has 2 aromatic rings. The van der Waals surface area contributed by atoms with E-state index < -0.39 is 0 Å². The summed E-state index contributed by atoms with van der Waals surface area (Å²) in [7, 11) is 3.09. The standard InChI is InChI=1S/C25H31N3O5/c1-16(2)23(29)26-19-5-7-20(8-6-19)27-24(30)17-9-11-28(12-10-17)25(31)18-13-21(32-3)15-22(14-18)33-4/h5-8,13-17H,9-12H2,1-4H3,(H,26,29)(H,27,30). The molecule has 1 aliphatic rings. The van der Waals surface area contributed by atoms with Crippen LogP contribution in [0.4, 0.5) is 11.4 Å². The van der Waals surface area contributed by atoms with E-state index in [1.165, 1.54) is 0 Å². The van der Waals surface area contributed by atoms with Crippen LogP contribution in [0.2, 0.25) is 0 Å². The van der Waals surface area contributed by atoms with E-state index in [2.05, 4.69) is 10.6 Å². The van der Waals surface area contributed by atoms with Crippen molar-refractivity contribution >= 4 is 29.1 Å². The number of anilines is 2. The van der Waals surface area contributed by atoms with Gasteiger partial charge in [-0.25, -0.2) is 0 Å². The van der Waals surface area contributed by atoms with Gasteiger partial charge in [0.2, 0.25) is 11.8 Å². The molecule has 1 fully saturated rings. The van der Waals surface area contributed by atoms with E-state index in [4.69, 9.17) is 9.47 Å². The molecule has 176 valence electrons. The van der Waals surface area contributed by atoms with E-state index in [1.54, 1.807) is 61.6 Å². The molecule has 1 saturated heterocycles. The van der Waals surface area contributed by atoms with Crippen LogP contribution in [0.3, 0.4) is 0 Å². The highest BCUT2D eigenvalue weighted by Gasteiger charge is 2.28. The van der Waals surface area contributed by atoms with Crippen molar-refractivity contribution in [3.05, 3.63) is 48.0 Å². The van der Waals surface area contributed by atoms with E-state index >= 15 is 0 Å². The summed E-state index contributed by atoms with van der Waals surface area (Å²) in [5.41, 5.74) is 1.86. The minimum absolute atomic E-state index is 0.0551. The highest BCUT2D eigenvalue weighted by molar-refractivity contribution is 5.96. The summed E-state index contributed by atoms with van der Waals surface area (Å²) in [4.78, 5) is 39.2. The molecule has 0 bridgehead atoms. The molecule has 0 aliphatic carbocycles. The fraction of sp³-hybridized carbons (Fsp3) is 0.400. The van der Waals surface area contributed by atoms with E-state index in [9.17, 15) is 14.4 Å². The van der Waals surface area contributed by atoms with Crippen molar-refractivity contribution in [2.45, 2.75) is 26.7 Å². The molecule has 8 heteroatoms. The van der Waals surface area contributed by atoms with Crippen molar-refractivity contribution in [2.24, 2.45) is 11.8 Å². The van der Waals surface area contributed by atoms with Gasteiger partial charge in [-0.05, 0) is 49.2 Å². The monoisotopic (exact) mass is 453 g/mol. The van der Waals surface area contributed by atoms with Crippen molar-refractivity contribution in [1.82, 2.24) is 4.90 Å². The fourth-order valence-corrected chi connectivity index (χ4v) is 3.63. The Bertz CT molecular complexity index is 973. The van der Waals surface area contributed by atoms with Crippen molar-refractivity contribution in [1.29, 1.82) is 0 Å². The summed E-state index contributed by atoms with van der Waals surface area (Å²) < 4.78 is 10.5. The van der Waals surface area contributed by atoms with Crippen molar-refractivity contribution < 1.29 is 23.9 Å². The number of rotatable bonds is 7. The van der Waals surface area contributed by atoms with Gasteiger partial charge in [0, 0.05) is 47.9 Å². The second-order valence-electron chi connectivity index (χ2n) is 8.38. The number of carbonyl (C=O) groups excluding carboxylic acids is 3. The number of nitrogens with one attached hydrogen (secondary N) is 2. The average Bonchev–Trinajstić information content (AvgIpc) is 2.84.